The number of hydrogen-bond donors (Lipinski definition) is 0. The molecule has 0 unspecified atom stereocenters. The van der Waals surface area contributed by atoms with Crippen LogP contribution in [0.1, 0.15) is 0 Å². The molecule has 6 rings (SSSR count). The number of rotatable bonds is 3. The van der Waals surface area contributed by atoms with E-state index in [0.717, 1.165) is 28.2 Å². The highest BCUT2D eigenvalue weighted by molar-refractivity contribution is 6.10. The Morgan fingerprint density at radius 2 is 1.26 bits per heavy atom. The van der Waals surface area contributed by atoms with E-state index in [1.807, 2.05) is 30.5 Å². The number of para-hydroxylation sites is 2. The van der Waals surface area contributed by atoms with Crippen LogP contribution in [-0.2, 0) is 0 Å². The number of hydrogen-bond acceptors (Lipinski definition) is 2. The van der Waals surface area contributed by atoms with Gasteiger partial charge < -0.3 is 4.57 Å². The van der Waals surface area contributed by atoms with Crippen molar-refractivity contribution >= 4 is 21.8 Å². The van der Waals surface area contributed by atoms with E-state index in [9.17, 15) is 0 Å². The topological polar surface area (TPSA) is 30.7 Å². The zero-order valence-electron chi connectivity index (χ0n) is 16.8. The van der Waals surface area contributed by atoms with Crippen molar-refractivity contribution in [3.63, 3.8) is 0 Å². The second-order valence-electron chi connectivity index (χ2n) is 7.57. The average molecular weight is 397 g/mol. The predicted octanol–water partition coefficient (Wildman–Crippen LogP) is 6.91. The normalized spacial score (nSPS) is 11.2. The predicted molar refractivity (Wildman–Crippen MR) is 127 cm³/mol. The van der Waals surface area contributed by atoms with Gasteiger partial charge in [-0.05, 0) is 48.0 Å². The maximum atomic E-state index is 4.66. The summed E-state index contributed by atoms with van der Waals surface area (Å²) in [6.45, 7) is 0. The fraction of sp³-hybridized carbons (Fsp3) is 0. The number of nitrogens with zero attached hydrogens (tertiary/aromatic N) is 3. The molecule has 0 aliphatic heterocycles. The Morgan fingerprint density at radius 3 is 2.06 bits per heavy atom. The van der Waals surface area contributed by atoms with Gasteiger partial charge in [-0.3, -0.25) is 9.97 Å². The molecule has 0 aliphatic carbocycles. The molecule has 3 heteroatoms. The first-order chi connectivity index (χ1) is 15.4. The lowest BCUT2D eigenvalue weighted by Crippen LogP contribution is -1.93. The summed E-state index contributed by atoms with van der Waals surface area (Å²) in [6.07, 6.45) is 3.72. The summed E-state index contributed by atoms with van der Waals surface area (Å²) in [5.41, 5.74) is 7.56. The van der Waals surface area contributed by atoms with E-state index in [4.69, 9.17) is 0 Å². The summed E-state index contributed by atoms with van der Waals surface area (Å²) in [5, 5.41) is 2.51. The van der Waals surface area contributed by atoms with Crippen LogP contribution in [0, 0.1) is 0 Å². The molecule has 0 radical (unpaired) electrons. The molecule has 0 saturated heterocycles. The molecule has 31 heavy (non-hydrogen) atoms. The van der Waals surface area contributed by atoms with Crippen molar-refractivity contribution in [2.75, 3.05) is 0 Å². The summed E-state index contributed by atoms with van der Waals surface area (Å²) >= 11 is 0. The van der Waals surface area contributed by atoms with Crippen LogP contribution in [0.3, 0.4) is 0 Å². The van der Waals surface area contributed by atoms with E-state index in [0.29, 0.717) is 0 Å². The van der Waals surface area contributed by atoms with Crippen molar-refractivity contribution < 1.29 is 0 Å². The smallest absolute Gasteiger partial charge is 0.0886 e. The minimum Gasteiger partial charge on any atom is -0.309 e. The Balaban J connectivity index is 1.52. The Kier molecular flexibility index (Phi) is 4.10. The van der Waals surface area contributed by atoms with Gasteiger partial charge in [0, 0.05) is 34.4 Å². The van der Waals surface area contributed by atoms with E-state index in [1.54, 1.807) is 6.20 Å². The minimum atomic E-state index is 0.879. The fourth-order valence-electron chi connectivity index (χ4n) is 4.24. The molecule has 146 valence electrons. The molecule has 3 heterocycles. The molecule has 0 amide bonds. The van der Waals surface area contributed by atoms with Crippen LogP contribution in [0.4, 0.5) is 0 Å². The first-order valence-electron chi connectivity index (χ1n) is 10.3. The number of aromatic nitrogens is 3. The van der Waals surface area contributed by atoms with Gasteiger partial charge >= 0.3 is 0 Å². The van der Waals surface area contributed by atoms with Crippen molar-refractivity contribution in [2.24, 2.45) is 0 Å². The minimum absolute atomic E-state index is 0.879. The largest absolute Gasteiger partial charge is 0.309 e. The molecule has 0 saturated carbocycles. The van der Waals surface area contributed by atoms with Crippen molar-refractivity contribution in [3.8, 4) is 28.2 Å². The fourth-order valence-corrected chi connectivity index (χ4v) is 4.24. The van der Waals surface area contributed by atoms with E-state index in [2.05, 4.69) is 93.4 Å². The van der Waals surface area contributed by atoms with Gasteiger partial charge in [0.25, 0.3) is 0 Å². The lowest BCUT2D eigenvalue weighted by molar-refractivity contribution is 1.18. The molecule has 6 aromatic rings. The maximum Gasteiger partial charge on any atom is 0.0886 e. The Morgan fingerprint density at radius 1 is 0.516 bits per heavy atom. The SMILES string of the molecule is c1ccc(-n2c3ccccc3c3ccc(-c4ccc(-c5ccccn5)nc4)cc32)cc1. The zero-order chi connectivity index (χ0) is 20.6. The van der Waals surface area contributed by atoms with Crippen molar-refractivity contribution in [1.29, 1.82) is 0 Å². The quantitative estimate of drug-likeness (QED) is 0.325. The van der Waals surface area contributed by atoms with Gasteiger partial charge in [0.15, 0.2) is 0 Å². The van der Waals surface area contributed by atoms with Crippen LogP contribution in [0.15, 0.2) is 116 Å². The van der Waals surface area contributed by atoms with Crippen LogP contribution in [0.25, 0.3) is 50.0 Å². The molecular formula is C28H19N3. The van der Waals surface area contributed by atoms with Gasteiger partial charge in [-0.2, -0.15) is 0 Å². The van der Waals surface area contributed by atoms with Gasteiger partial charge in [-0.1, -0.05) is 60.7 Å². The molecular weight excluding hydrogens is 378 g/mol. The third-order valence-electron chi connectivity index (χ3n) is 5.71. The summed E-state index contributed by atoms with van der Waals surface area (Å²) in [5.74, 6) is 0. The van der Waals surface area contributed by atoms with Crippen LogP contribution >= 0.6 is 0 Å². The molecule has 0 N–H and O–H groups in total. The third-order valence-corrected chi connectivity index (χ3v) is 5.71. The second-order valence-corrected chi connectivity index (χ2v) is 7.57. The number of pyridine rings is 2. The molecule has 0 bridgehead atoms. The zero-order valence-corrected chi connectivity index (χ0v) is 16.8. The lowest BCUT2D eigenvalue weighted by atomic mass is 10.0. The van der Waals surface area contributed by atoms with Crippen LogP contribution < -0.4 is 0 Å². The summed E-state index contributed by atoms with van der Waals surface area (Å²) in [6, 6.07) is 35.8. The average Bonchev–Trinajstić information content (AvgIpc) is 3.19. The molecule has 3 nitrogen and oxygen atoms in total. The standard InChI is InChI=1S/C28H19N3/c1-2-8-22(9-3-1)31-27-12-5-4-10-23(27)24-15-13-20(18-28(24)31)21-14-16-26(30-19-21)25-11-6-7-17-29-25/h1-19H. The Bertz CT molecular complexity index is 1500. The first kappa shape index (κ1) is 17.6. The van der Waals surface area contributed by atoms with Gasteiger partial charge in [-0.25, -0.2) is 0 Å². The maximum absolute atomic E-state index is 4.66. The van der Waals surface area contributed by atoms with Gasteiger partial charge in [0.05, 0.1) is 22.4 Å². The van der Waals surface area contributed by atoms with E-state index in [-0.39, 0.29) is 0 Å². The molecule has 0 spiro atoms. The second kappa shape index (κ2) is 7.22. The molecule has 3 aromatic carbocycles. The first-order valence-corrected chi connectivity index (χ1v) is 10.3. The molecule has 0 aliphatic rings. The lowest BCUT2D eigenvalue weighted by Gasteiger charge is -2.09. The highest BCUT2D eigenvalue weighted by Crippen LogP contribution is 2.34. The van der Waals surface area contributed by atoms with E-state index < -0.39 is 0 Å². The van der Waals surface area contributed by atoms with Crippen molar-refractivity contribution in [1.82, 2.24) is 14.5 Å². The highest BCUT2D eigenvalue weighted by atomic mass is 15.0. The van der Waals surface area contributed by atoms with Crippen molar-refractivity contribution in [2.45, 2.75) is 0 Å². The Hall–Kier alpha value is -4.24. The monoisotopic (exact) mass is 397 g/mol. The summed E-state index contributed by atoms with van der Waals surface area (Å²) < 4.78 is 2.34. The number of benzene rings is 3. The van der Waals surface area contributed by atoms with Crippen molar-refractivity contribution in [3.05, 3.63) is 116 Å². The Labute approximate surface area is 180 Å². The van der Waals surface area contributed by atoms with Crippen LogP contribution in [0.5, 0.6) is 0 Å². The molecule has 3 aromatic heterocycles. The van der Waals surface area contributed by atoms with Crippen LogP contribution in [0.2, 0.25) is 0 Å². The summed E-state index contributed by atoms with van der Waals surface area (Å²) in [7, 11) is 0. The van der Waals surface area contributed by atoms with Gasteiger partial charge in [0.2, 0.25) is 0 Å². The van der Waals surface area contributed by atoms with Gasteiger partial charge in [-0.15, -0.1) is 0 Å². The third kappa shape index (κ3) is 2.99. The van der Waals surface area contributed by atoms with E-state index in [1.165, 1.54) is 21.8 Å². The summed E-state index contributed by atoms with van der Waals surface area (Å²) in [4.78, 5) is 9.06. The van der Waals surface area contributed by atoms with Gasteiger partial charge in [0.1, 0.15) is 0 Å². The van der Waals surface area contributed by atoms with E-state index >= 15 is 0 Å². The van der Waals surface area contributed by atoms with Crippen LogP contribution in [-0.4, -0.2) is 14.5 Å². The molecule has 0 fully saturated rings. The highest BCUT2D eigenvalue weighted by Gasteiger charge is 2.13. The number of fused-ring (bicyclic) bond motifs is 3. The molecule has 0 atom stereocenters.